The number of carboxylic acids is 1. The minimum absolute atomic E-state index is 0.237. The average molecular weight is 357 g/mol. The first-order chi connectivity index (χ1) is 12.5. The summed E-state index contributed by atoms with van der Waals surface area (Å²) >= 11 is 0. The predicted octanol–water partition coefficient (Wildman–Crippen LogP) is 3.43. The van der Waals surface area contributed by atoms with Gasteiger partial charge in [-0.1, -0.05) is 69.2 Å². The fraction of sp³-hybridized carbons (Fsp3) is 0.591. The molecule has 1 aliphatic carbocycles. The van der Waals surface area contributed by atoms with Crippen LogP contribution in [0, 0.1) is 17.8 Å². The van der Waals surface area contributed by atoms with Crippen LogP contribution in [0.1, 0.15) is 57.1 Å². The van der Waals surface area contributed by atoms with Crippen molar-refractivity contribution < 1.29 is 15.0 Å². The van der Waals surface area contributed by atoms with E-state index in [0.29, 0.717) is 18.5 Å². The Labute approximate surface area is 157 Å². The quantitative estimate of drug-likeness (QED) is 0.734. The van der Waals surface area contributed by atoms with E-state index in [1.165, 1.54) is 0 Å². The number of benzene rings is 1. The van der Waals surface area contributed by atoms with Gasteiger partial charge in [0, 0.05) is 12.3 Å². The van der Waals surface area contributed by atoms with Crippen LogP contribution in [-0.2, 0) is 16.8 Å². The Bertz CT molecular complexity index is 651. The van der Waals surface area contributed by atoms with Gasteiger partial charge in [0.25, 0.3) is 0 Å². The highest BCUT2D eigenvalue weighted by molar-refractivity contribution is 5.80. The second kappa shape index (κ2) is 9.75. The standard InChI is InChI=1S/C22H31NO3/c1-3-23(4-2)17-11-10-13-18-12-8-9-16-20(18)22(26,21(24)25)19-14-6-5-7-15-19/h8-9,12,16,19,26H,3-7,13-15,17H2,1-2H3,(H,24,25). The fourth-order valence-electron chi connectivity index (χ4n) is 3.85. The lowest BCUT2D eigenvalue weighted by atomic mass is 9.72. The highest BCUT2D eigenvalue weighted by Crippen LogP contribution is 2.41. The Hall–Kier alpha value is -1.83. The number of hydrogen-bond donors (Lipinski definition) is 2. The van der Waals surface area contributed by atoms with E-state index in [1.807, 2.05) is 12.1 Å². The molecule has 4 nitrogen and oxygen atoms in total. The molecule has 4 heteroatoms. The Morgan fingerprint density at radius 2 is 1.81 bits per heavy atom. The molecular weight excluding hydrogens is 326 g/mol. The molecule has 142 valence electrons. The SMILES string of the molecule is CCN(CC)CC#CCc1ccccc1C(O)(C(=O)O)C1CCCCC1. The maximum Gasteiger partial charge on any atom is 0.340 e. The van der Waals surface area contributed by atoms with Crippen LogP contribution in [0.2, 0.25) is 0 Å². The van der Waals surface area contributed by atoms with Crippen molar-refractivity contribution in [3.8, 4) is 11.8 Å². The third-order valence-electron chi connectivity index (χ3n) is 5.55. The van der Waals surface area contributed by atoms with E-state index in [0.717, 1.165) is 50.8 Å². The molecule has 26 heavy (non-hydrogen) atoms. The van der Waals surface area contributed by atoms with Gasteiger partial charge in [-0.25, -0.2) is 4.79 Å². The molecule has 1 aromatic carbocycles. The fourth-order valence-corrected chi connectivity index (χ4v) is 3.85. The summed E-state index contributed by atoms with van der Waals surface area (Å²) in [6.07, 6.45) is 5.04. The van der Waals surface area contributed by atoms with E-state index in [9.17, 15) is 15.0 Å². The molecule has 0 aromatic heterocycles. The first-order valence-electron chi connectivity index (χ1n) is 9.76. The lowest BCUT2D eigenvalue weighted by molar-refractivity contribution is -0.168. The van der Waals surface area contributed by atoms with Gasteiger partial charge in [0.1, 0.15) is 0 Å². The van der Waals surface area contributed by atoms with Gasteiger partial charge in [0.15, 0.2) is 5.60 Å². The van der Waals surface area contributed by atoms with Crippen molar-refractivity contribution in [2.75, 3.05) is 19.6 Å². The first-order valence-corrected chi connectivity index (χ1v) is 9.76. The molecule has 1 aliphatic rings. The lowest BCUT2D eigenvalue weighted by Crippen LogP contribution is -2.44. The monoisotopic (exact) mass is 357 g/mol. The number of rotatable bonds is 7. The maximum atomic E-state index is 12.1. The molecule has 1 atom stereocenters. The third-order valence-corrected chi connectivity index (χ3v) is 5.55. The second-order valence-corrected chi connectivity index (χ2v) is 7.06. The van der Waals surface area contributed by atoms with Crippen molar-refractivity contribution in [1.82, 2.24) is 4.90 Å². The maximum absolute atomic E-state index is 12.1. The number of hydrogen-bond acceptors (Lipinski definition) is 3. The summed E-state index contributed by atoms with van der Waals surface area (Å²) in [5.41, 5.74) is -0.496. The van der Waals surface area contributed by atoms with E-state index in [2.05, 4.69) is 30.6 Å². The van der Waals surface area contributed by atoms with Gasteiger partial charge >= 0.3 is 5.97 Å². The molecule has 0 heterocycles. The largest absolute Gasteiger partial charge is 0.479 e. The molecule has 0 spiro atoms. The summed E-state index contributed by atoms with van der Waals surface area (Å²) in [5, 5.41) is 21.1. The van der Waals surface area contributed by atoms with Gasteiger partial charge in [-0.3, -0.25) is 4.90 Å². The van der Waals surface area contributed by atoms with Crippen molar-refractivity contribution in [3.05, 3.63) is 35.4 Å². The lowest BCUT2D eigenvalue weighted by Gasteiger charge is -2.36. The molecule has 0 aliphatic heterocycles. The van der Waals surface area contributed by atoms with Gasteiger partial charge in [-0.05, 0) is 37.1 Å². The van der Waals surface area contributed by atoms with Gasteiger partial charge in [-0.15, -0.1) is 0 Å². The summed E-state index contributed by atoms with van der Waals surface area (Å²) in [6, 6.07) is 7.33. The van der Waals surface area contributed by atoms with Gasteiger partial charge in [0.2, 0.25) is 0 Å². The molecular formula is C22H31NO3. The highest BCUT2D eigenvalue weighted by Gasteiger charge is 2.46. The number of aliphatic carboxylic acids is 1. The van der Waals surface area contributed by atoms with Gasteiger partial charge < -0.3 is 10.2 Å². The summed E-state index contributed by atoms with van der Waals surface area (Å²) in [5.74, 6) is 4.95. The smallest absolute Gasteiger partial charge is 0.340 e. The number of aliphatic hydroxyl groups is 1. The summed E-state index contributed by atoms with van der Waals surface area (Å²) in [4.78, 5) is 14.3. The zero-order valence-electron chi connectivity index (χ0n) is 16.0. The van der Waals surface area contributed by atoms with Gasteiger partial charge in [0.05, 0.1) is 6.54 Å². The molecule has 1 saturated carbocycles. The van der Waals surface area contributed by atoms with Crippen molar-refractivity contribution in [1.29, 1.82) is 0 Å². The molecule has 0 amide bonds. The van der Waals surface area contributed by atoms with E-state index >= 15 is 0 Å². The van der Waals surface area contributed by atoms with E-state index in [-0.39, 0.29) is 5.92 Å². The summed E-state index contributed by atoms with van der Waals surface area (Å²) in [7, 11) is 0. The van der Waals surface area contributed by atoms with Crippen LogP contribution in [0.25, 0.3) is 0 Å². The summed E-state index contributed by atoms with van der Waals surface area (Å²) in [6.45, 7) is 6.85. The first kappa shape index (κ1) is 20.5. The van der Waals surface area contributed by atoms with Crippen LogP contribution in [0.5, 0.6) is 0 Å². The zero-order chi connectivity index (χ0) is 19.0. The average Bonchev–Trinajstić information content (AvgIpc) is 2.68. The minimum atomic E-state index is -1.82. The highest BCUT2D eigenvalue weighted by atomic mass is 16.4. The number of carbonyl (C=O) groups is 1. The third kappa shape index (κ3) is 4.66. The van der Waals surface area contributed by atoms with Crippen LogP contribution >= 0.6 is 0 Å². The molecule has 1 fully saturated rings. The molecule has 0 radical (unpaired) electrons. The van der Waals surface area contributed by atoms with Crippen molar-refractivity contribution >= 4 is 5.97 Å². The molecule has 1 unspecified atom stereocenters. The second-order valence-electron chi connectivity index (χ2n) is 7.06. The Morgan fingerprint density at radius 1 is 1.15 bits per heavy atom. The van der Waals surface area contributed by atoms with Crippen LogP contribution in [-0.4, -0.2) is 40.7 Å². The summed E-state index contributed by atoms with van der Waals surface area (Å²) < 4.78 is 0. The van der Waals surface area contributed by atoms with Gasteiger partial charge in [-0.2, -0.15) is 0 Å². The van der Waals surface area contributed by atoms with E-state index in [1.54, 1.807) is 12.1 Å². The number of carboxylic acid groups (broad SMARTS) is 1. The minimum Gasteiger partial charge on any atom is -0.479 e. The van der Waals surface area contributed by atoms with Crippen LogP contribution < -0.4 is 0 Å². The van der Waals surface area contributed by atoms with E-state index < -0.39 is 11.6 Å². The molecule has 2 N–H and O–H groups in total. The predicted molar refractivity (Wildman–Crippen MR) is 104 cm³/mol. The molecule has 1 aromatic rings. The van der Waals surface area contributed by atoms with Crippen LogP contribution in [0.15, 0.2) is 24.3 Å². The Kier molecular flexibility index (Phi) is 7.68. The normalized spacial score (nSPS) is 17.4. The topological polar surface area (TPSA) is 60.8 Å². The van der Waals surface area contributed by atoms with Crippen molar-refractivity contribution in [3.63, 3.8) is 0 Å². The zero-order valence-corrected chi connectivity index (χ0v) is 16.0. The molecule has 0 bridgehead atoms. The van der Waals surface area contributed by atoms with Crippen molar-refractivity contribution in [2.24, 2.45) is 5.92 Å². The Morgan fingerprint density at radius 3 is 2.42 bits per heavy atom. The van der Waals surface area contributed by atoms with Crippen LogP contribution in [0.4, 0.5) is 0 Å². The van der Waals surface area contributed by atoms with Crippen LogP contribution in [0.3, 0.4) is 0 Å². The molecule has 0 saturated heterocycles. The Balaban J connectivity index is 2.25. The molecule has 2 rings (SSSR count). The van der Waals surface area contributed by atoms with Crippen molar-refractivity contribution in [2.45, 2.75) is 58.0 Å². The number of nitrogens with zero attached hydrogens (tertiary/aromatic N) is 1. The van der Waals surface area contributed by atoms with E-state index in [4.69, 9.17) is 0 Å².